The molecule has 0 saturated carbocycles. The fourth-order valence-electron chi connectivity index (χ4n) is 3.28. The van der Waals surface area contributed by atoms with E-state index in [0.717, 1.165) is 25.1 Å². The first-order chi connectivity index (χ1) is 11.5. The molecule has 2 rings (SSSR count). The third-order valence-corrected chi connectivity index (χ3v) is 4.59. The Bertz CT molecular complexity index is 497. The molecule has 1 aromatic heterocycles. The minimum atomic E-state index is 0.0357. The maximum atomic E-state index is 12.6. The third-order valence-electron chi connectivity index (χ3n) is 4.59. The quantitative estimate of drug-likeness (QED) is 0.867. The summed E-state index contributed by atoms with van der Waals surface area (Å²) in [4.78, 5) is 18.8. The lowest BCUT2D eigenvalue weighted by Gasteiger charge is -2.35. The van der Waals surface area contributed by atoms with E-state index in [9.17, 15) is 4.79 Å². The number of hydrogen-bond donors (Lipinski definition) is 1. The van der Waals surface area contributed by atoms with Crippen molar-refractivity contribution in [3.63, 3.8) is 0 Å². The zero-order valence-electron chi connectivity index (χ0n) is 15.4. The van der Waals surface area contributed by atoms with Gasteiger partial charge >= 0.3 is 6.03 Å². The molecule has 24 heavy (non-hydrogen) atoms. The highest BCUT2D eigenvalue weighted by Crippen LogP contribution is 2.17. The lowest BCUT2D eigenvalue weighted by atomic mass is 9.93. The second-order valence-corrected chi connectivity index (χ2v) is 7.31. The Balaban J connectivity index is 1.84. The normalized spacial score (nSPS) is 18.5. The molecule has 0 bridgehead atoms. The van der Waals surface area contributed by atoms with Crippen LogP contribution >= 0.6 is 0 Å². The summed E-state index contributed by atoms with van der Waals surface area (Å²) < 4.78 is 5.97. The molecular weight excluding hydrogens is 302 g/mol. The SMILES string of the molecule is CC(C)C(NC(=O)N1CCCC(OCc2ccccn2)C1)C(C)C. The predicted molar refractivity (Wildman–Crippen MR) is 95.6 cm³/mol. The second-order valence-electron chi connectivity index (χ2n) is 7.31. The molecule has 0 aromatic carbocycles. The first-order valence-corrected chi connectivity index (χ1v) is 9.04. The maximum Gasteiger partial charge on any atom is 0.317 e. The number of amides is 2. The van der Waals surface area contributed by atoms with E-state index in [-0.39, 0.29) is 18.2 Å². The molecule has 1 aliphatic heterocycles. The molecule has 5 heteroatoms. The highest BCUT2D eigenvalue weighted by molar-refractivity contribution is 5.74. The van der Waals surface area contributed by atoms with Crippen LogP contribution in [0.4, 0.5) is 4.79 Å². The Kier molecular flexibility index (Phi) is 7.03. The molecule has 134 valence electrons. The predicted octanol–water partition coefficient (Wildman–Crippen LogP) is 3.45. The number of ether oxygens (including phenoxy) is 1. The lowest BCUT2D eigenvalue weighted by Crippen LogP contribution is -2.52. The van der Waals surface area contributed by atoms with E-state index >= 15 is 0 Å². The zero-order chi connectivity index (χ0) is 17.5. The maximum absolute atomic E-state index is 12.6. The first kappa shape index (κ1) is 18.7. The molecule has 0 spiro atoms. The molecule has 2 heterocycles. The van der Waals surface area contributed by atoms with Crippen molar-refractivity contribution in [1.82, 2.24) is 15.2 Å². The molecule has 0 aliphatic carbocycles. The van der Waals surface area contributed by atoms with Crippen molar-refractivity contribution < 1.29 is 9.53 Å². The molecule has 5 nitrogen and oxygen atoms in total. The van der Waals surface area contributed by atoms with Gasteiger partial charge in [0.25, 0.3) is 0 Å². The summed E-state index contributed by atoms with van der Waals surface area (Å²) in [5, 5.41) is 3.20. The summed E-state index contributed by atoms with van der Waals surface area (Å²) in [5.41, 5.74) is 0.929. The average molecular weight is 333 g/mol. The largest absolute Gasteiger partial charge is 0.370 e. The summed E-state index contributed by atoms with van der Waals surface area (Å²) >= 11 is 0. The Hall–Kier alpha value is -1.62. The smallest absolute Gasteiger partial charge is 0.317 e. The number of nitrogens with one attached hydrogen (secondary N) is 1. The summed E-state index contributed by atoms with van der Waals surface area (Å²) in [5.74, 6) is 0.852. The molecule has 1 atom stereocenters. The van der Waals surface area contributed by atoms with Gasteiger partial charge < -0.3 is 15.0 Å². The van der Waals surface area contributed by atoms with Crippen molar-refractivity contribution in [3.8, 4) is 0 Å². The fourth-order valence-corrected chi connectivity index (χ4v) is 3.28. The number of piperidine rings is 1. The average Bonchev–Trinajstić information content (AvgIpc) is 2.58. The van der Waals surface area contributed by atoms with Crippen LogP contribution in [0.25, 0.3) is 0 Å². The Morgan fingerprint density at radius 2 is 2.08 bits per heavy atom. The van der Waals surface area contributed by atoms with E-state index in [0.29, 0.717) is 25.0 Å². The second kappa shape index (κ2) is 9.02. The highest BCUT2D eigenvalue weighted by Gasteiger charge is 2.27. The molecule has 1 fully saturated rings. The molecule has 2 amide bonds. The van der Waals surface area contributed by atoms with E-state index in [1.165, 1.54) is 0 Å². The van der Waals surface area contributed by atoms with E-state index in [4.69, 9.17) is 4.74 Å². The van der Waals surface area contributed by atoms with Crippen molar-refractivity contribution in [1.29, 1.82) is 0 Å². The number of urea groups is 1. The number of aromatic nitrogens is 1. The van der Waals surface area contributed by atoms with E-state index < -0.39 is 0 Å². The summed E-state index contributed by atoms with van der Waals surface area (Å²) in [6, 6.07) is 6.06. The van der Waals surface area contributed by atoms with Crippen LogP contribution in [-0.2, 0) is 11.3 Å². The van der Waals surface area contributed by atoms with E-state index in [2.05, 4.69) is 38.0 Å². The van der Waals surface area contributed by atoms with Crippen molar-refractivity contribution in [2.45, 2.75) is 59.3 Å². The number of nitrogens with zero attached hydrogens (tertiary/aromatic N) is 2. The number of likely N-dealkylation sites (tertiary alicyclic amines) is 1. The summed E-state index contributed by atoms with van der Waals surface area (Å²) in [6.45, 7) is 10.6. The molecule has 1 aromatic rings. The Labute approximate surface area is 145 Å². The molecular formula is C19H31N3O2. The van der Waals surface area contributed by atoms with Crippen LogP contribution in [0.2, 0.25) is 0 Å². The van der Waals surface area contributed by atoms with E-state index in [1.807, 2.05) is 23.1 Å². The number of hydrogen-bond acceptors (Lipinski definition) is 3. The molecule has 1 aliphatic rings. The number of carbonyl (C=O) groups is 1. The Morgan fingerprint density at radius 1 is 1.33 bits per heavy atom. The van der Waals surface area contributed by atoms with Gasteiger partial charge in [-0.25, -0.2) is 4.79 Å². The van der Waals surface area contributed by atoms with Crippen molar-refractivity contribution in [3.05, 3.63) is 30.1 Å². The monoisotopic (exact) mass is 333 g/mol. The molecule has 1 unspecified atom stereocenters. The highest BCUT2D eigenvalue weighted by atomic mass is 16.5. The van der Waals surface area contributed by atoms with Gasteiger partial charge in [-0.3, -0.25) is 4.98 Å². The van der Waals surface area contributed by atoms with Gasteiger partial charge in [-0.05, 0) is 36.8 Å². The Morgan fingerprint density at radius 3 is 2.71 bits per heavy atom. The van der Waals surface area contributed by atoms with Gasteiger partial charge in [-0.15, -0.1) is 0 Å². The van der Waals surface area contributed by atoms with Gasteiger partial charge in [0, 0.05) is 25.3 Å². The fraction of sp³-hybridized carbons (Fsp3) is 0.684. The summed E-state index contributed by atoms with van der Waals surface area (Å²) in [7, 11) is 0. The molecule has 1 saturated heterocycles. The minimum absolute atomic E-state index is 0.0357. The van der Waals surface area contributed by atoms with Crippen LogP contribution in [0.5, 0.6) is 0 Å². The van der Waals surface area contributed by atoms with Gasteiger partial charge in [-0.2, -0.15) is 0 Å². The molecule has 1 N–H and O–H groups in total. The van der Waals surface area contributed by atoms with E-state index in [1.54, 1.807) is 6.20 Å². The van der Waals surface area contributed by atoms with Crippen molar-refractivity contribution in [2.75, 3.05) is 13.1 Å². The van der Waals surface area contributed by atoms with Crippen LogP contribution in [-0.4, -0.2) is 41.2 Å². The van der Waals surface area contributed by atoms with Crippen LogP contribution in [0, 0.1) is 11.8 Å². The number of pyridine rings is 1. The molecule has 0 radical (unpaired) electrons. The van der Waals surface area contributed by atoms with Crippen LogP contribution in [0.15, 0.2) is 24.4 Å². The first-order valence-electron chi connectivity index (χ1n) is 9.04. The van der Waals surface area contributed by atoms with Crippen LogP contribution in [0.1, 0.15) is 46.2 Å². The van der Waals surface area contributed by atoms with Crippen LogP contribution in [0.3, 0.4) is 0 Å². The van der Waals surface area contributed by atoms with Crippen molar-refractivity contribution >= 4 is 6.03 Å². The third kappa shape index (κ3) is 5.48. The van der Waals surface area contributed by atoms with Gasteiger partial charge in [0.1, 0.15) is 0 Å². The minimum Gasteiger partial charge on any atom is -0.370 e. The number of carbonyl (C=O) groups excluding carboxylic acids is 1. The zero-order valence-corrected chi connectivity index (χ0v) is 15.4. The summed E-state index contributed by atoms with van der Waals surface area (Å²) in [6.07, 6.45) is 3.84. The van der Waals surface area contributed by atoms with Gasteiger partial charge in [0.2, 0.25) is 0 Å². The topological polar surface area (TPSA) is 54.5 Å². The van der Waals surface area contributed by atoms with Gasteiger partial charge in [-0.1, -0.05) is 33.8 Å². The standard InChI is InChI=1S/C19H31N3O2/c1-14(2)18(15(3)4)21-19(23)22-11-7-9-17(12-22)24-13-16-8-5-6-10-20-16/h5-6,8,10,14-15,17-18H,7,9,11-13H2,1-4H3,(H,21,23). The van der Waals surface area contributed by atoms with Gasteiger partial charge in [0.15, 0.2) is 0 Å². The number of rotatable bonds is 6. The lowest BCUT2D eigenvalue weighted by molar-refractivity contribution is -0.00221. The van der Waals surface area contributed by atoms with Gasteiger partial charge in [0.05, 0.1) is 18.4 Å². The van der Waals surface area contributed by atoms with Crippen LogP contribution < -0.4 is 5.32 Å². The van der Waals surface area contributed by atoms with Crippen molar-refractivity contribution in [2.24, 2.45) is 11.8 Å².